The molecule has 9 nitrogen and oxygen atoms in total. The number of rotatable bonds is 3. The molecule has 0 saturated heterocycles. The van der Waals surface area contributed by atoms with Crippen LogP contribution in [0, 0.1) is 6.92 Å². The lowest BCUT2D eigenvalue weighted by molar-refractivity contribution is 0.620. The predicted octanol–water partition coefficient (Wildman–Crippen LogP) is 5.20. The van der Waals surface area contributed by atoms with E-state index >= 15 is 0 Å². The van der Waals surface area contributed by atoms with Crippen molar-refractivity contribution in [3.8, 4) is 28.3 Å². The smallest absolute Gasteiger partial charge is 0.268 e. The summed E-state index contributed by atoms with van der Waals surface area (Å²) < 4.78 is 6.88. The second-order valence-electron chi connectivity index (χ2n) is 11.1. The Morgan fingerprint density at radius 1 is 0.622 bits per heavy atom. The van der Waals surface area contributed by atoms with Crippen molar-refractivity contribution in [1.29, 1.82) is 0 Å². The second kappa shape index (κ2) is 9.32. The molecular weight excluding hydrogens is 568 g/mol. The maximum Gasteiger partial charge on any atom is 0.268 e. The zero-order chi connectivity index (χ0) is 31.1. The number of hydrogen-bond donors (Lipinski definition) is 2. The van der Waals surface area contributed by atoms with Crippen LogP contribution in [0.3, 0.4) is 0 Å². The Kier molecular flexibility index (Phi) is 5.45. The molecule has 8 aromatic rings. The molecule has 0 atom stereocenters. The van der Waals surface area contributed by atoms with E-state index in [4.69, 9.17) is 15.9 Å². The first-order chi connectivity index (χ1) is 21.7. The van der Waals surface area contributed by atoms with Crippen molar-refractivity contribution >= 4 is 54.8 Å². The highest BCUT2D eigenvalue weighted by atomic mass is 16.3. The van der Waals surface area contributed by atoms with Crippen LogP contribution in [0.25, 0.3) is 71.7 Å². The number of nitrogen functional groups attached to an aromatic ring is 2. The molecule has 0 unspecified atom stereocenters. The zero-order valence-electron chi connectivity index (χ0n) is 23.8. The first kappa shape index (κ1) is 26.3. The van der Waals surface area contributed by atoms with Crippen LogP contribution in [0.15, 0.2) is 115 Å². The molecule has 0 radical (unpaired) electrons. The lowest BCUT2D eigenvalue weighted by Crippen LogP contribution is -2.23. The van der Waals surface area contributed by atoms with Gasteiger partial charge in [0.05, 0.1) is 38.6 Å². The Balaban J connectivity index is 1.22. The quantitative estimate of drug-likeness (QED) is 0.162. The van der Waals surface area contributed by atoms with Gasteiger partial charge in [-0.3, -0.25) is 19.2 Å². The van der Waals surface area contributed by atoms with E-state index in [1.807, 2.05) is 49.4 Å². The number of anilines is 2. The van der Waals surface area contributed by atoms with Gasteiger partial charge < -0.3 is 15.9 Å². The molecule has 0 aliphatic heterocycles. The fourth-order valence-electron chi connectivity index (χ4n) is 6.17. The minimum Gasteiger partial charge on any atom is -0.436 e. The van der Waals surface area contributed by atoms with Gasteiger partial charge in [0.15, 0.2) is 16.4 Å². The van der Waals surface area contributed by atoms with Gasteiger partial charge in [-0.2, -0.15) is 0 Å². The van der Waals surface area contributed by atoms with E-state index in [2.05, 4.69) is 4.98 Å². The maximum absolute atomic E-state index is 13.7. The van der Waals surface area contributed by atoms with Crippen molar-refractivity contribution in [3.05, 3.63) is 138 Å². The fourth-order valence-corrected chi connectivity index (χ4v) is 6.17. The summed E-state index contributed by atoms with van der Waals surface area (Å²) in [7, 11) is 0. The van der Waals surface area contributed by atoms with Gasteiger partial charge in [0, 0.05) is 16.3 Å². The number of nitrogens with zero attached hydrogens (tertiary/aromatic N) is 2. The van der Waals surface area contributed by atoms with Gasteiger partial charge in [0.1, 0.15) is 5.52 Å². The minimum absolute atomic E-state index is 0.148. The van der Waals surface area contributed by atoms with E-state index in [1.165, 1.54) is 12.1 Å². The van der Waals surface area contributed by atoms with E-state index in [1.54, 1.807) is 36.4 Å². The van der Waals surface area contributed by atoms with Crippen molar-refractivity contribution in [2.45, 2.75) is 6.92 Å². The summed E-state index contributed by atoms with van der Waals surface area (Å²) in [6.07, 6.45) is 0. The molecule has 8 rings (SSSR count). The molecule has 216 valence electrons. The molecule has 6 aromatic carbocycles. The summed E-state index contributed by atoms with van der Waals surface area (Å²) in [6, 6.07) is 26.7. The molecule has 0 bridgehead atoms. The average Bonchev–Trinajstić information content (AvgIpc) is 3.59. The SMILES string of the molecule is Cc1ccc2oc(-c3ccc(-c4ccc(-n5c(=O)c6c(N)c7c(=O)c8ccccc8c(=O)c7c(N)c6c5=O)cc4)cc3)nc2c1. The van der Waals surface area contributed by atoms with Gasteiger partial charge in [-0.15, -0.1) is 0 Å². The van der Waals surface area contributed by atoms with Gasteiger partial charge in [-0.1, -0.05) is 54.6 Å². The van der Waals surface area contributed by atoms with Crippen LogP contribution in [0.2, 0.25) is 0 Å². The number of benzene rings is 6. The third-order valence-corrected chi connectivity index (χ3v) is 8.42. The molecule has 0 aliphatic carbocycles. The standard InChI is InChI=1S/C36H22N4O5/c1-17-6-15-25-24(16-17)39-34(45-25)20-9-7-18(8-10-20)19-11-13-21(14-12-19)40-35(43)28-29(36(40)44)31(38)27-26(30(28)37)32(41)22-4-2-3-5-23(22)33(27)42/h2-16H,37-38H2,1H3. The minimum atomic E-state index is -0.716. The number of aryl methyl sites for hydroxylation is 1. The van der Waals surface area contributed by atoms with Crippen molar-refractivity contribution < 1.29 is 4.42 Å². The van der Waals surface area contributed by atoms with Crippen LogP contribution < -0.4 is 33.4 Å². The molecule has 0 amide bonds. The van der Waals surface area contributed by atoms with Gasteiger partial charge in [0.25, 0.3) is 11.1 Å². The highest BCUT2D eigenvalue weighted by molar-refractivity contribution is 6.20. The Morgan fingerprint density at radius 3 is 1.69 bits per heavy atom. The van der Waals surface area contributed by atoms with Crippen LogP contribution in [0.1, 0.15) is 5.56 Å². The summed E-state index contributed by atoms with van der Waals surface area (Å²) in [4.78, 5) is 58.7. The van der Waals surface area contributed by atoms with Crippen LogP contribution in [-0.4, -0.2) is 9.55 Å². The van der Waals surface area contributed by atoms with Crippen LogP contribution >= 0.6 is 0 Å². The molecule has 2 aromatic heterocycles. The Hall–Kier alpha value is -6.35. The largest absolute Gasteiger partial charge is 0.436 e. The van der Waals surface area contributed by atoms with E-state index in [0.29, 0.717) is 11.6 Å². The summed E-state index contributed by atoms with van der Waals surface area (Å²) in [5.74, 6) is 0.524. The molecule has 0 aliphatic rings. The third-order valence-electron chi connectivity index (χ3n) is 8.42. The Morgan fingerprint density at radius 2 is 1.13 bits per heavy atom. The van der Waals surface area contributed by atoms with Gasteiger partial charge in [-0.05, 0) is 60.0 Å². The van der Waals surface area contributed by atoms with Crippen LogP contribution in [-0.2, 0) is 0 Å². The summed E-state index contributed by atoms with van der Waals surface area (Å²) in [5.41, 5.74) is 15.3. The highest BCUT2D eigenvalue weighted by Crippen LogP contribution is 2.32. The predicted molar refractivity (Wildman–Crippen MR) is 178 cm³/mol. The third kappa shape index (κ3) is 3.70. The van der Waals surface area contributed by atoms with Gasteiger partial charge >= 0.3 is 0 Å². The molecule has 0 saturated carbocycles. The lowest BCUT2D eigenvalue weighted by atomic mass is 9.97. The van der Waals surface area contributed by atoms with E-state index in [-0.39, 0.29) is 43.7 Å². The zero-order valence-corrected chi connectivity index (χ0v) is 23.8. The van der Waals surface area contributed by atoms with E-state index in [9.17, 15) is 19.2 Å². The molecule has 4 N–H and O–H groups in total. The van der Waals surface area contributed by atoms with Gasteiger partial charge in [0.2, 0.25) is 5.89 Å². The Bertz CT molecular complexity index is 2640. The average molecular weight is 591 g/mol. The summed E-state index contributed by atoms with van der Waals surface area (Å²) in [5, 5.41) is -0.310. The molecule has 0 fully saturated rings. The topological polar surface area (TPSA) is 151 Å². The number of hydrogen-bond acceptors (Lipinski definition) is 8. The maximum atomic E-state index is 13.7. The summed E-state index contributed by atoms with van der Waals surface area (Å²) in [6.45, 7) is 2.00. The molecule has 0 spiro atoms. The summed E-state index contributed by atoms with van der Waals surface area (Å²) >= 11 is 0. The number of aromatic nitrogens is 2. The number of nitrogens with two attached hydrogens (primary N) is 2. The molecule has 2 heterocycles. The number of oxazole rings is 1. The Labute approximate surface area is 252 Å². The van der Waals surface area contributed by atoms with E-state index < -0.39 is 22.0 Å². The van der Waals surface area contributed by atoms with Crippen molar-refractivity contribution in [2.75, 3.05) is 11.5 Å². The first-order valence-corrected chi connectivity index (χ1v) is 14.1. The second-order valence-corrected chi connectivity index (χ2v) is 11.1. The molecule has 9 heteroatoms. The van der Waals surface area contributed by atoms with Crippen LogP contribution in [0.5, 0.6) is 0 Å². The van der Waals surface area contributed by atoms with Gasteiger partial charge in [-0.25, -0.2) is 9.55 Å². The van der Waals surface area contributed by atoms with E-state index in [0.717, 1.165) is 37.9 Å². The van der Waals surface area contributed by atoms with Crippen molar-refractivity contribution in [2.24, 2.45) is 0 Å². The lowest BCUT2D eigenvalue weighted by Gasteiger charge is -2.07. The fraction of sp³-hybridized carbons (Fsp3) is 0.0278. The van der Waals surface area contributed by atoms with Crippen molar-refractivity contribution in [3.63, 3.8) is 0 Å². The van der Waals surface area contributed by atoms with Crippen LogP contribution in [0.4, 0.5) is 11.4 Å². The monoisotopic (exact) mass is 590 g/mol. The first-order valence-electron chi connectivity index (χ1n) is 14.1. The normalized spacial score (nSPS) is 11.8. The highest BCUT2D eigenvalue weighted by Gasteiger charge is 2.26. The van der Waals surface area contributed by atoms with Crippen molar-refractivity contribution in [1.82, 2.24) is 9.55 Å². The number of fused-ring (bicyclic) bond motifs is 4. The molecular formula is C36H22N4O5. The molecule has 45 heavy (non-hydrogen) atoms.